The van der Waals surface area contributed by atoms with Gasteiger partial charge in [0.05, 0.1) is 11.9 Å². The number of nitrogens with zero attached hydrogens (tertiary/aromatic N) is 5. The Balaban J connectivity index is 1.49. The van der Waals surface area contributed by atoms with Crippen molar-refractivity contribution in [3.05, 3.63) is 89.4 Å². The predicted molar refractivity (Wildman–Crippen MR) is 115 cm³/mol. The number of hydrogen-bond donors (Lipinski definition) is 1. The van der Waals surface area contributed by atoms with Gasteiger partial charge in [0.2, 0.25) is 0 Å². The van der Waals surface area contributed by atoms with E-state index in [-0.39, 0.29) is 18.0 Å². The van der Waals surface area contributed by atoms with Crippen LogP contribution in [0.1, 0.15) is 27.2 Å². The first kappa shape index (κ1) is 19.9. The Morgan fingerprint density at radius 2 is 1.97 bits per heavy atom. The molecular formula is C23H20N6O2. The molecule has 4 rings (SSSR count). The maximum atomic E-state index is 12.8. The first-order valence-electron chi connectivity index (χ1n) is 9.63. The minimum absolute atomic E-state index is 0.170. The van der Waals surface area contributed by atoms with Crippen LogP contribution in [0.2, 0.25) is 0 Å². The molecule has 0 aliphatic rings. The van der Waals surface area contributed by atoms with Crippen molar-refractivity contribution < 1.29 is 9.53 Å². The average molecular weight is 412 g/mol. The van der Waals surface area contributed by atoms with Crippen LogP contribution in [0.3, 0.4) is 0 Å². The van der Waals surface area contributed by atoms with Crippen LogP contribution in [0.5, 0.6) is 5.75 Å². The highest BCUT2D eigenvalue weighted by Crippen LogP contribution is 2.21. The van der Waals surface area contributed by atoms with Gasteiger partial charge in [0.1, 0.15) is 17.4 Å². The van der Waals surface area contributed by atoms with Gasteiger partial charge in [-0.3, -0.25) is 4.79 Å². The van der Waals surface area contributed by atoms with Gasteiger partial charge in [-0.1, -0.05) is 30.3 Å². The van der Waals surface area contributed by atoms with E-state index < -0.39 is 5.91 Å². The van der Waals surface area contributed by atoms with Crippen molar-refractivity contribution in [2.45, 2.75) is 20.6 Å². The molecule has 8 heteroatoms. The molecule has 1 N–H and O–H groups in total. The largest absolute Gasteiger partial charge is 0.471 e. The van der Waals surface area contributed by atoms with Gasteiger partial charge in [0.25, 0.3) is 5.91 Å². The summed E-state index contributed by atoms with van der Waals surface area (Å²) in [5.41, 5.74) is 3.31. The third kappa shape index (κ3) is 4.31. The molecule has 1 amide bonds. The van der Waals surface area contributed by atoms with Crippen molar-refractivity contribution in [2.75, 3.05) is 5.32 Å². The lowest BCUT2D eigenvalue weighted by Crippen LogP contribution is -2.17. The monoisotopic (exact) mass is 412 g/mol. The number of nitriles is 1. The van der Waals surface area contributed by atoms with Crippen molar-refractivity contribution in [1.29, 1.82) is 5.26 Å². The van der Waals surface area contributed by atoms with E-state index >= 15 is 0 Å². The van der Waals surface area contributed by atoms with Crippen LogP contribution >= 0.6 is 0 Å². The first-order valence-corrected chi connectivity index (χ1v) is 9.63. The smallest absolute Gasteiger partial charge is 0.277 e. The van der Waals surface area contributed by atoms with Gasteiger partial charge in [-0.15, -0.1) is 0 Å². The molecule has 0 aliphatic heterocycles. The number of hydrogen-bond acceptors (Lipinski definition) is 5. The van der Waals surface area contributed by atoms with Gasteiger partial charge in [-0.05, 0) is 49.2 Å². The predicted octanol–water partition coefficient (Wildman–Crippen LogP) is 3.85. The lowest BCUT2D eigenvalue weighted by molar-refractivity contribution is 0.101. The van der Waals surface area contributed by atoms with E-state index in [1.54, 1.807) is 12.3 Å². The Kier molecular flexibility index (Phi) is 5.49. The standard InChI is InChI=1S/C23H20N6O2/c1-16-8-9-17(2)21(12-16)31-15-28-11-10-20(27-28)23(30)26-22-18(13-24)14-25-29(22)19-6-4-3-5-7-19/h3-12,14H,15H2,1-2H3,(H,26,30). The molecule has 0 aliphatic carbocycles. The average Bonchev–Trinajstić information content (AvgIpc) is 3.42. The third-order valence-electron chi connectivity index (χ3n) is 4.69. The summed E-state index contributed by atoms with van der Waals surface area (Å²) in [6.45, 7) is 4.14. The zero-order valence-electron chi connectivity index (χ0n) is 17.1. The molecule has 0 unspecified atom stereocenters. The number of aromatic nitrogens is 4. The lowest BCUT2D eigenvalue weighted by Gasteiger charge is -2.10. The van der Waals surface area contributed by atoms with Gasteiger partial charge in [-0.25, -0.2) is 9.36 Å². The summed E-state index contributed by atoms with van der Waals surface area (Å²) in [6.07, 6.45) is 3.08. The van der Waals surface area contributed by atoms with Crippen LogP contribution in [0, 0.1) is 25.2 Å². The van der Waals surface area contributed by atoms with Gasteiger partial charge in [0.15, 0.2) is 18.2 Å². The van der Waals surface area contributed by atoms with Gasteiger partial charge in [0, 0.05) is 6.20 Å². The van der Waals surface area contributed by atoms with Crippen molar-refractivity contribution in [3.63, 3.8) is 0 Å². The number of aryl methyl sites for hydroxylation is 2. The highest BCUT2D eigenvalue weighted by atomic mass is 16.5. The molecule has 8 nitrogen and oxygen atoms in total. The second-order valence-electron chi connectivity index (χ2n) is 7.00. The summed E-state index contributed by atoms with van der Waals surface area (Å²) in [5.74, 6) is 0.617. The number of rotatable bonds is 6. The number of anilines is 1. The van der Waals surface area contributed by atoms with Crippen LogP contribution in [-0.2, 0) is 6.73 Å². The van der Waals surface area contributed by atoms with Crippen molar-refractivity contribution in [3.8, 4) is 17.5 Å². The lowest BCUT2D eigenvalue weighted by atomic mass is 10.1. The maximum Gasteiger partial charge on any atom is 0.277 e. The van der Waals surface area contributed by atoms with Gasteiger partial charge in [-0.2, -0.15) is 15.5 Å². The van der Waals surface area contributed by atoms with E-state index in [1.807, 2.05) is 62.4 Å². The molecular weight excluding hydrogens is 392 g/mol. The quantitative estimate of drug-likeness (QED) is 0.519. The molecule has 0 fully saturated rings. The van der Waals surface area contributed by atoms with Crippen LogP contribution in [-0.4, -0.2) is 25.5 Å². The topological polar surface area (TPSA) is 97.8 Å². The zero-order chi connectivity index (χ0) is 21.8. The summed E-state index contributed by atoms with van der Waals surface area (Å²) < 4.78 is 8.88. The minimum Gasteiger partial charge on any atom is -0.471 e. The van der Waals surface area contributed by atoms with Crippen LogP contribution in [0.4, 0.5) is 5.82 Å². The molecule has 4 aromatic rings. The summed E-state index contributed by atoms with van der Waals surface area (Å²) in [5, 5.41) is 20.7. The van der Waals surface area contributed by atoms with Crippen molar-refractivity contribution >= 4 is 11.7 Å². The zero-order valence-corrected chi connectivity index (χ0v) is 17.1. The Hall–Kier alpha value is -4.38. The van der Waals surface area contributed by atoms with E-state index in [2.05, 4.69) is 21.6 Å². The molecule has 0 spiro atoms. The molecule has 0 saturated carbocycles. The van der Waals surface area contributed by atoms with E-state index in [0.29, 0.717) is 5.82 Å². The molecule has 0 saturated heterocycles. The van der Waals surface area contributed by atoms with E-state index in [4.69, 9.17) is 4.74 Å². The molecule has 0 atom stereocenters. The van der Waals surface area contributed by atoms with Gasteiger partial charge >= 0.3 is 0 Å². The molecule has 0 bridgehead atoms. The Labute approximate surface area is 179 Å². The second-order valence-corrected chi connectivity index (χ2v) is 7.00. The third-order valence-corrected chi connectivity index (χ3v) is 4.69. The van der Waals surface area contributed by atoms with E-state index in [9.17, 15) is 10.1 Å². The molecule has 2 aromatic heterocycles. The van der Waals surface area contributed by atoms with Crippen LogP contribution in [0.15, 0.2) is 67.0 Å². The number of carbonyl (C=O) groups is 1. The normalized spacial score (nSPS) is 10.5. The van der Waals surface area contributed by atoms with E-state index in [0.717, 1.165) is 22.6 Å². The number of amides is 1. The molecule has 2 heterocycles. The molecule has 2 aromatic carbocycles. The fourth-order valence-electron chi connectivity index (χ4n) is 3.04. The van der Waals surface area contributed by atoms with E-state index in [1.165, 1.54) is 15.6 Å². The number of nitrogens with one attached hydrogen (secondary N) is 1. The fourth-order valence-corrected chi connectivity index (χ4v) is 3.04. The maximum absolute atomic E-state index is 12.8. The highest BCUT2D eigenvalue weighted by molar-refractivity contribution is 6.03. The molecule has 31 heavy (non-hydrogen) atoms. The summed E-state index contributed by atoms with van der Waals surface area (Å²) in [7, 11) is 0. The van der Waals surface area contributed by atoms with Crippen molar-refractivity contribution in [1.82, 2.24) is 19.6 Å². The summed E-state index contributed by atoms with van der Waals surface area (Å²) >= 11 is 0. The number of benzene rings is 2. The molecule has 0 radical (unpaired) electrons. The highest BCUT2D eigenvalue weighted by Gasteiger charge is 2.18. The Bertz CT molecular complexity index is 1270. The Morgan fingerprint density at radius 3 is 2.74 bits per heavy atom. The molecule has 154 valence electrons. The number of carbonyl (C=O) groups excluding carboxylic acids is 1. The number of ether oxygens (including phenoxy) is 1. The SMILES string of the molecule is Cc1ccc(C)c(OCn2ccc(C(=O)Nc3c(C#N)cnn3-c3ccccc3)n2)c1. The van der Waals surface area contributed by atoms with Crippen LogP contribution < -0.4 is 10.1 Å². The second kappa shape index (κ2) is 8.55. The van der Waals surface area contributed by atoms with Crippen molar-refractivity contribution in [2.24, 2.45) is 0 Å². The summed E-state index contributed by atoms with van der Waals surface area (Å²) in [6, 6.07) is 18.9. The first-order chi connectivity index (χ1) is 15.0. The fraction of sp³-hybridized carbons (Fsp3) is 0.130. The van der Waals surface area contributed by atoms with Crippen LogP contribution in [0.25, 0.3) is 5.69 Å². The van der Waals surface area contributed by atoms with Gasteiger partial charge < -0.3 is 10.1 Å². The number of para-hydroxylation sites is 1. The Morgan fingerprint density at radius 1 is 1.16 bits per heavy atom. The summed E-state index contributed by atoms with van der Waals surface area (Å²) in [4.78, 5) is 12.8. The minimum atomic E-state index is -0.445.